The van der Waals surface area contributed by atoms with Crippen molar-refractivity contribution in [2.45, 2.75) is 18.4 Å². The molecule has 7 heteroatoms. The summed E-state index contributed by atoms with van der Waals surface area (Å²) >= 11 is 5.76. The van der Waals surface area contributed by atoms with Gasteiger partial charge in [0.2, 0.25) is 0 Å². The van der Waals surface area contributed by atoms with Gasteiger partial charge in [-0.25, -0.2) is 12.8 Å². The number of aliphatic hydroxyl groups excluding tert-OH is 1. The van der Waals surface area contributed by atoms with E-state index in [0.29, 0.717) is 5.69 Å². The van der Waals surface area contributed by atoms with Crippen molar-refractivity contribution < 1.29 is 17.9 Å². The van der Waals surface area contributed by atoms with E-state index in [2.05, 4.69) is 4.72 Å². The lowest BCUT2D eigenvalue weighted by molar-refractivity contribution is 0.274. The minimum atomic E-state index is -4.13. The number of benzene rings is 2. The fourth-order valence-corrected chi connectivity index (χ4v) is 3.27. The van der Waals surface area contributed by atoms with Crippen LogP contribution in [0.2, 0.25) is 5.02 Å². The Balaban J connectivity index is 2.44. The van der Waals surface area contributed by atoms with Crippen LogP contribution in [0.3, 0.4) is 0 Å². The van der Waals surface area contributed by atoms with Gasteiger partial charge in [-0.2, -0.15) is 0 Å². The third kappa shape index (κ3) is 3.53. The monoisotopic (exact) mass is 329 g/mol. The van der Waals surface area contributed by atoms with Gasteiger partial charge in [0, 0.05) is 16.3 Å². The molecule has 21 heavy (non-hydrogen) atoms. The lowest BCUT2D eigenvalue weighted by Gasteiger charge is -2.11. The van der Waals surface area contributed by atoms with Crippen molar-refractivity contribution in [2.24, 2.45) is 0 Å². The molecule has 0 saturated carbocycles. The first-order chi connectivity index (χ1) is 9.83. The van der Waals surface area contributed by atoms with Gasteiger partial charge in [0.25, 0.3) is 10.0 Å². The quantitative estimate of drug-likeness (QED) is 0.906. The Hall–Kier alpha value is -1.63. The van der Waals surface area contributed by atoms with Crippen LogP contribution in [-0.2, 0) is 16.6 Å². The van der Waals surface area contributed by atoms with Crippen LogP contribution in [0.25, 0.3) is 0 Å². The first-order valence-electron chi connectivity index (χ1n) is 6.02. The Morgan fingerprint density at radius 1 is 1.24 bits per heavy atom. The number of sulfonamides is 1. The van der Waals surface area contributed by atoms with Gasteiger partial charge in [0.1, 0.15) is 10.7 Å². The van der Waals surface area contributed by atoms with Gasteiger partial charge < -0.3 is 5.11 Å². The highest BCUT2D eigenvalue weighted by molar-refractivity contribution is 7.92. The number of nitrogens with one attached hydrogen (secondary N) is 1. The molecule has 0 spiro atoms. The Kier molecular flexibility index (Phi) is 4.51. The van der Waals surface area contributed by atoms with Gasteiger partial charge >= 0.3 is 0 Å². The summed E-state index contributed by atoms with van der Waals surface area (Å²) in [5, 5.41) is 9.07. The van der Waals surface area contributed by atoms with Crippen molar-refractivity contribution in [3.63, 3.8) is 0 Å². The van der Waals surface area contributed by atoms with Crippen LogP contribution in [0.4, 0.5) is 10.1 Å². The third-order valence-corrected chi connectivity index (χ3v) is 4.44. The second-order valence-corrected chi connectivity index (χ2v) is 6.59. The molecule has 0 amide bonds. The average molecular weight is 330 g/mol. The summed E-state index contributed by atoms with van der Waals surface area (Å²) in [6, 6.07) is 8.79. The molecule has 112 valence electrons. The molecule has 0 unspecified atom stereocenters. The summed E-state index contributed by atoms with van der Waals surface area (Å²) in [4.78, 5) is -0.598. The van der Waals surface area contributed by atoms with E-state index in [1.165, 1.54) is 6.07 Å². The summed E-state index contributed by atoms with van der Waals surface area (Å²) in [6.45, 7) is 1.22. The fourth-order valence-electron chi connectivity index (χ4n) is 1.76. The molecule has 2 rings (SSSR count). The lowest BCUT2D eigenvalue weighted by atomic mass is 10.2. The molecular formula is C14H13ClFNO3S. The van der Waals surface area contributed by atoms with Crippen LogP contribution in [-0.4, -0.2) is 13.5 Å². The highest BCUT2D eigenvalue weighted by Gasteiger charge is 2.22. The summed E-state index contributed by atoms with van der Waals surface area (Å²) in [7, 11) is -4.13. The summed E-state index contributed by atoms with van der Waals surface area (Å²) < 4.78 is 40.8. The smallest absolute Gasteiger partial charge is 0.264 e. The van der Waals surface area contributed by atoms with Crippen molar-refractivity contribution >= 4 is 27.3 Å². The van der Waals surface area contributed by atoms with Gasteiger partial charge in [0.05, 0.1) is 6.61 Å². The van der Waals surface area contributed by atoms with Crippen molar-refractivity contribution in [1.29, 1.82) is 0 Å². The molecule has 0 radical (unpaired) electrons. The number of anilines is 1. The normalized spacial score (nSPS) is 11.4. The molecule has 0 saturated heterocycles. The second-order valence-electron chi connectivity index (χ2n) is 4.51. The Morgan fingerprint density at radius 2 is 1.86 bits per heavy atom. The Labute approximate surface area is 127 Å². The predicted molar refractivity (Wildman–Crippen MR) is 79.3 cm³/mol. The van der Waals surface area contributed by atoms with Gasteiger partial charge in [0.15, 0.2) is 0 Å². The summed E-state index contributed by atoms with van der Waals surface area (Å²) in [6.07, 6.45) is 0. The molecule has 4 nitrogen and oxygen atoms in total. The maximum atomic E-state index is 14.1. The predicted octanol–water partition coefficient (Wildman–Crippen LogP) is 3.08. The number of hydrogen-bond donors (Lipinski definition) is 2. The van der Waals surface area contributed by atoms with Gasteiger partial charge in [-0.3, -0.25) is 4.72 Å². The number of aryl methyl sites for hydroxylation is 1. The molecule has 2 aromatic carbocycles. The molecule has 2 N–H and O–H groups in total. The van der Waals surface area contributed by atoms with Gasteiger partial charge in [-0.15, -0.1) is 0 Å². The molecule has 0 fully saturated rings. The number of aliphatic hydroxyl groups is 1. The summed E-state index contributed by atoms with van der Waals surface area (Å²) in [5.41, 5.74) is 1.10. The van der Waals surface area contributed by atoms with E-state index in [0.717, 1.165) is 11.6 Å². The van der Waals surface area contributed by atoms with Gasteiger partial charge in [-0.1, -0.05) is 29.3 Å². The van der Waals surface area contributed by atoms with E-state index in [1.54, 1.807) is 24.3 Å². The van der Waals surface area contributed by atoms with Crippen LogP contribution >= 0.6 is 11.6 Å². The molecule has 0 aliphatic carbocycles. The van der Waals surface area contributed by atoms with Crippen molar-refractivity contribution in [3.8, 4) is 0 Å². The maximum absolute atomic E-state index is 14.1. The molecule has 0 atom stereocenters. The molecule has 2 aromatic rings. The highest BCUT2D eigenvalue weighted by Crippen LogP contribution is 2.25. The van der Waals surface area contributed by atoms with Crippen LogP contribution in [0.1, 0.15) is 11.1 Å². The van der Waals surface area contributed by atoms with E-state index in [-0.39, 0.29) is 10.6 Å². The molecule has 0 aromatic heterocycles. The van der Waals surface area contributed by atoms with Crippen LogP contribution < -0.4 is 4.72 Å². The van der Waals surface area contributed by atoms with Crippen LogP contribution in [0.5, 0.6) is 0 Å². The summed E-state index contributed by atoms with van der Waals surface area (Å²) in [5.74, 6) is -1.01. The zero-order chi connectivity index (χ0) is 15.6. The lowest BCUT2D eigenvalue weighted by Crippen LogP contribution is -2.15. The molecule has 0 aliphatic heterocycles. The zero-order valence-corrected chi connectivity index (χ0v) is 12.7. The third-order valence-electron chi connectivity index (χ3n) is 2.84. The zero-order valence-electron chi connectivity index (χ0n) is 11.1. The molecule has 0 heterocycles. The highest BCUT2D eigenvalue weighted by atomic mass is 35.5. The number of halogens is 2. The molecule has 0 bridgehead atoms. The minimum absolute atomic E-state index is 0.0322. The average Bonchev–Trinajstić information content (AvgIpc) is 2.43. The van der Waals surface area contributed by atoms with Crippen molar-refractivity contribution in [2.75, 3.05) is 4.72 Å². The maximum Gasteiger partial charge on any atom is 0.264 e. The van der Waals surface area contributed by atoms with E-state index >= 15 is 0 Å². The fraction of sp³-hybridized carbons (Fsp3) is 0.143. The van der Waals surface area contributed by atoms with Crippen LogP contribution in [0, 0.1) is 12.7 Å². The standard InChI is InChI=1S/C14H13ClFNO3S/c1-9-2-4-12(5-3-9)17-21(19,20)13-7-11(15)6-10(8-18)14(13)16/h2-7,17-18H,8H2,1H3. The first-order valence-corrected chi connectivity index (χ1v) is 7.88. The second kappa shape index (κ2) is 6.01. The molecular weight excluding hydrogens is 317 g/mol. The minimum Gasteiger partial charge on any atom is -0.392 e. The van der Waals surface area contributed by atoms with E-state index < -0.39 is 27.3 Å². The largest absolute Gasteiger partial charge is 0.392 e. The Bertz CT molecular complexity index is 761. The van der Waals surface area contributed by atoms with Gasteiger partial charge in [-0.05, 0) is 31.2 Å². The topological polar surface area (TPSA) is 66.4 Å². The SMILES string of the molecule is Cc1ccc(NS(=O)(=O)c2cc(Cl)cc(CO)c2F)cc1. The molecule has 0 aliphatic rings. The van der Waals surface area contributed by atoms with Crippen molar-refractivity contribution in [1.82, 2.24) is 0 Å². The number of hydrogen-bond acceptors (Lipinski definition) is 3. The van der Waals surface area contributed by atoms with E-state index in [9.17, 15) is 12.8 Å². The Morgan fingerprint density at radius 3 is 2.43 bits per heavy atom. The first kappa shape index (κ1) is 15.8. The van der Waals surface area contributed by atoms with Crippen molar-refractivity contribution in [3.05, 3.63) is 58.4 Å². The van der Waals surface area contributed by atoms with E-state index in [4.69, 9.17) is 16.7 Å². The van der Waals surface area contributed by atoms with Crippen LogP contribution in [0.15, 0.2) is 41.3 Å². The number of rotatable bonds is 4. The van der Waals surface area contributed by atoms with E-state index in [1.807, 2.05) is 6.92 Å².